The first-order valence-electron chi connectivity index (χ1n) is 11.8. The Bertz CT molecular complexity index is 1300. The Morgan fingerprint density at radius 3 is 2.83 bits per heavy atom. The average molecular weight is 490 g/mol. The number of nitrogens with zero attached hydrogens (tertiary/aromatic N) is 4. The standard InChI is InChI=1S/C26H27N5O3S/c1-15(2)34-23-9-6-16(12-17(23)13-27)24-29-30-25(35-24)21-5-3-4-20-19(21)7-8-22(20)28-26(33)31-11-10-18(32)14-31/h3-6,9,12,15,18,22,32H,7-8,10-11,14H2,1-2H3,(H,28,33)/t18-,22?/m0/s1. The van der Waals surface area contributed by atoms with Gasteiger partial charge in [-0.05, 0) is 62.4 Å². The highest BCUT2D eigenvalue weighted by atomic mass is 32.1. The van der Waals surface area contributed by atoms with Gasteiger partial charge in [-0.1, -0.05) is 29.5 Å². The van der Waals surface area contributed by atoms with Crippen molar-refractivity contribution < 1.29 is 14.6 Å². The molecule has 2 heterocycles. The van der Waals surface area contributed by atoms with Crippen LogP contribution in [0.5, 0.6) is 5.75 Å². The van der Waals surface area contributed by atoms with E-state index in [-0.39, 0.29) is 18.2 Å². The van der Waals surface area contributed by atoms with Crippen molar-refractivity contribution in [3.63, 3.8) is 0 Å². The van der Waals surface area contributed by atoms with Crippen LogP contribution in [0.25, 0.3) is 21.1 Å². The Morgan fingerprint density at radius 1 is 1.26 bits per heavy atom. The van der Waals surface area contributed by atoms with E-state index in [0.29, 0.717) is 30.8 Å². The van der Waals surface area contributed by atoms with Gasteiger partial charge in [0.05, 0.1) is 23.8 Å². The fourth-order valence-corrected chi connectivity index (χ4v) is 5.62. The first-order valence-corrected chi connectivity index (χ1v) is 12.6. The molecular formula is C26H27N5O3S. The van der Waals surface area contributed by atoms with Gasteiger partial charge < -0.3 is 20.1 Å². The summed E-state index contributed by atoms with van der Waals surface area (Å²) in [6.45, 7) is 4.82. The van der Waals surface area contributed by atoms with Gasteiger partial charge in [-0.2, -0.15) is 5.26 Å². The third-order valence-corrected chi connectivity index (χ3v) is 7.39. The molecule has 35 heavy (non-hydrogen) atoms. The molecular weight excluding hydrogens is 462 g/mol. The Hall–Kier alpha value is -3.48. The predicted molar refractivity (Wildman–Crippen MR) is 133 cm³/mol. The number of amides is 2. The third-order valence-electron chi connectivity index (χ3n) is 6.38. The van der Waals surface area contributed by atoms with E-state index in [4.69, 9.17) is 4.74 Å². The molecule has 9 heteroatoms. The van der Waals surface area contributed by atoms with Gasteiger partial charge in [0.2, 0.25) is 0 Å². The number of β-amino-alcohol motifs (C(OH)–C–C–N with tert-alkyl or cyclic N) is 1. The molecule has 2 aromatic carbocycles. The van der Waals surface area contributed by atoms with Crippen LogP contribution >= 0.6 is 11.3 Å². The molecule has 1 aliphatic carbocycles. The van der Waals surface area contributed by atoms with Gasteiger partial charge in [0, 0.05) is 24.2 Å². The summed E-state index contributed by atoms with van der Waals surface area (Å²) in [5.41, 5.74) is 4.61. The first-order chi connectivity index (χ1) is 16.9. The fourth-order valence-electron chi connectivity index (χ4n) is 4.73. The molecule has 0 spiro atoms. The second-order valence-corrected chi connectivity index (χ2v) is 10.2. The number of carbonyl (C=O) groups is 1. The lowest BCUT2D eigenvalue weighted by Gasteiger charge is -2.21. The third kappa shape index (κ3) is 4.72. The average Bonchev–Trinajstić information content (AvgIpc) is 3.59. The number of fused-ring (bicyclic) bond motifs is 1. The number of benzene rings is 2. The summed E-state index contributed by atoms with van der Waals surface area (Å²) in [7, 11) is 0. The molecule has 3 aromatic rings. The Kier molecular flexibility index (Phi) is 6.41. The number of aliphatic hydroxyl groups excluding tert-OH is 1. The smallest absolute Gasteiger partial charge is 0.317 e. The zero-order valence-electron chi connectivity index (χ0n) is 19.7. The van der Waals surface area contributed by atoms with E-state index >= 15 is 0 Å². The summed E-state index contributed by atoms with van der Waals surface area (Å²) in [5, 5.41) is 32.8. The number of urea groups is 1. The van der Waals surface area contributed by atoms with Crippen LogP contribution in [0.3, 0.4) is 0 Å². The van der Waals surface area contributed by atoms with Crippen LogP contribution in [0.4, 0.5) is 4.79 Å². The molecule has 2 amide bonds. The van der Waals surface area contributed by atoms with E-state index in [9.17, 15) is 15.2 Å². The summed E-state index contributed by atoms with van der Waals surface area (Å²) in [6.07, 6.45) is 1.84. The molecule has 0 bridgehead atoms. The molecule has 1 saturated heterocycles. The fraction of sp³-hybridized carbons (Fsp3) is 0.385. The normalized spacial score (nSPS) is 19.0. The minimum Gasteiger partial charge on any atom is -0.490 e. The minimum absolute atomic E-state index is 0.0168. The second kappa shape index (κ2) is 9.64. The molecule has 1 fully saturated rings. The quantitative estimate of drug-likeness (QED) is 0.553. The molecule has 2 aliphatic rings. The van der Waals surface area contributed by atoms with Gasteiger partial charge >= 0.3 is 6.03 Å². The number of ether oxygens (including phenoxy) is 1. The van der Waals surface area contributed by atoms with E-state index < -0.39 is 6.10 Å². The second-order valence-electron chi connectivity index (χ2n) is 9.20. The molecule has 1 aliphatic heterocycles. The van der Waals surface area contributed by atoms with E-state index in [2.05, 4.69) is 27.6 Å². The number of aliphatic hydroxyl groups is 1. The molecule has 5 rings (SSSR count). The van der Waals surface area contributed by atoms with E-state index in [1.807, 2.05) is 38.1 Å². The number of nitrogens with one attached hydrogen (secondary N) is 1. The maximum atomic E-state index is 12.7. The van der Waals surface area contributed by atoms with Crippen molar-refractivity contribution in [2.24, 2.45) is 0 Å². The van der Waals surface area contributed by atoms with Gasteiger partial charge in [-0.3, -0.25) is 0 Å². The molecule has 180 valence electrons. The van der Waals surface area contributed by atoms with Crippen molar-refractivity contribution >= 4 is 17.4 Å². The molecule has 0 radical (unpaired) electrons. The highest BCUT2D eigenvalue weighted by Gasteiger charge is 2.31. The first kappa shape index (κ1) is 23.3. The Labute approximate surface area is 208 Å². The van der Waals surface area contributed by atoms with Crippen LogP contribution in [0.2, 0.25) is 0 Å². The van der Waals surface area contributed by atoms with Gasteiger partial charge in [0.1, 0.15) is 21.8 Å². The van der Waals surface area contributed by atoms with E-state index in [0.717, 1.165) is 39.5 Å². The largest absolute Gasteiger partial charge is 0.490 e. The maximum Gasteiger partial charge on any atom is 0.317 e. The maximum absolute atomic E-state index is 12.7. The predicted octanol–water partition coefficient (Wildman–Crippen LogP) is 4.29. The van der Waals surface area contributed by atoms with Crippen molar-refractivity contribution in [2.75, 3.05) is 13.1 Å². The summed E-state index contributed by atoms with van der Waals surface area (Å²) in [4.78, 5) is 14.3. The van der Waals surface area contributed by atoms with E-state index in [1.165, 1.54) is 16.9 Å². The molecule has 1 aromatic heterocycles. The SMILES string of the molecule is CC(C)Oc1ccc(-c2nnc(-c3cccc4c3CCC4NC(=O)N3CC[C@H](O)C3)s2)cc1C#N. The number of likely N-dealkylation sites (tertiary alicyclic amines) is 1. The monoisotopic (exact) mass is 489 g/mol. The van der Waals surface area contributed by atoms with Crippen LogP contribution in [0.15, 0.2) is 36.4 Å². The number of rotatable bonds is 5. The highest BCUT2D eigenvalue weighted by Crippen LogP contribution is 2.40. The van der Waals surface area contributed by atoms with Crippen LogP contribution < -0.4 is 10.1 Å². The Morgan fingerprint density at radius 2 is 2.09 bits per heavy atom. The van der Waals surface area contributed by atoms with E-state index in [1.54, 1.807) is 11.0 Å². The van der Waals surface area contributed by atoms with Crippen molar-refractivity contribution in [2.45, 2.75) is 51.4 Å². The number of nitriles is 1. The summed E-state index contributed by atoms with van der Waals surface area (Å²) in [6, 6.07) is 13.6. The molecule has 1 unspecified atom stereocenters. The summed E-state index contributed by atoms with van der Waals surface area (Å²) < 4.78 is 5.73. The number of hydrogen-bond donors (Lipinski definition) is 2. The number of carbonyl (C=O) groups excluding carboxylic acids is 1. The molecule has 8 nitrogen and oxygen atoms in total. The summed E-state index contributed by atoms with van der Waals surface area (Å²) in [5.74, 6) is 0.563. The van der Waals surface area contributed by atoms with Crippen molar-refractivity contribution in [3.05, 3.63) is 53.1 Å². The van der Waals surface area contributed by atoms with Gasteiger partial charge in [-0.25, -0.2) is 4.79 Å². The minimum atomic E-state index is -0.432. The van der Waals surface area contributed by atoms with Gasteiger partial charge in [0.25, 0.3) is 0 Å². The van der Waals surface area contributed by atoms with Crippen molar-refractivity contribution in [1.82, 2.24) is 20.4 Å². The van der Waals surface area contributed by atoms with Crippen LogP contribution in [-0.4, -0.2) is 51.5 Å². The highest BCUT2D eigenvalue weighted by molar-refractivity contribution is 7.17. The van der Waals surface area contributed by atoms with Crippen molar-refractivity contribution in [1.29, 1.82) is 5.26 Å². The topological polar surface area (TPSA) is 111 Å². The lowest BCUT2D eigenvalue weighted by atomic mass is 10.0. The zero-order chi connectivity index (χ0) is 24.5. The molecule has 2 N–H and O–H groups in total. The zero-order valence-corrected chi connectivity index (χ0v) is 20.5. The van der Waals surface area contributed by atoms with Crippen molar-refractivity contribution in [3.8, 4) is 33.0 Å². The van der Waals surface area contributed by atoms with Gasteiger partial charge in [0.15, 0.2) is 0 Å². The van der Waals surface area contributed by atoms with Gasteiger partial charge in [-0.15, -0.1) is 10.2 Å². The summed E-state index contributed by atoms with van der Waals surface area (Å²) >= 11 is 1.48. The number of hydrogen-bond acceptors (Lipinski definition) is 7. The number of aromatic nitrogens is 2. The van der Waals surface area contributed by atoms with Crippen LogP contribution in [-0.2, 0) is 6.42 Å². The lowest BCUT2D eigenvalue weighted by molar-refractivity contribution is 0.170. The molecule has 2 atom stereocenters. The van der Waals surface area contributed by atoms with Crippen LogP contribution in [0.1, 0.15) is 49.4 Å². The van der Waals surface area contributed by atoms with Crippen LogP contribution in [0, 0.1) is 11.3 Å². The molecule has 0 saturated carbocycles. The lowest BCUT2D eigenvalue weighted by Crippen LogP contribution is -2.40. The Balaban J connectivity index is 1.37.